The molecule has 0 aromatic carbocycles. The third-order valence-electron chi connectivity index (χ3n) is 4.75. The van der Waals surface area contributed by atoms with Gasteiger partial charge in [-0.15, -0.1) is 0 Å². The maximum absolute atomic E-state index is 3.50. The first-order chi connectivity index (χ1) is 9.24. The third kappa shape index (κ3) is 8.34. The van der Waals surface area contributed by atoms with Gasteiger partial charge in [0.25, 0.3) is 0 Å². The second kappa shape index (κ2) is 11.1. The predicted octanol–water partition coefficient (Wildman–Crippen LogP) is 5.62. The Labute approximate surface area is 129 Å². The van der Waals surface area contributed by atoms with E-state index in [1.165, 1.54) is 82.5 Å². The third-order valence-corrected chi connectivity index (χ3v) is 5.31. The van der Waals surface area contributed by atoms with Crippen LogP contribution in [0, 0.1) is 5.92 Å². The number of hydrogen-bond acceptors (Lipinski definition) is 1. The summed E-state index contributed by atoms with van der Waals surface area (Å²) < 4.78 is 0. The normalized spacial score (nSPS) is 24.0. The van der Waals surface area contributed by atoms with Gasteiger partial charge in [-0.25, -0.2) is 0 Å². The Morgan fingerprint density at radius 2 is 1.37 bits per heavy atom. The maximum Gasteiger partial charge on any atom is 0.00924 e. The highest BCUT2D eigenvalue weighted by molar-refractivity contribution is 9.09. The molecular formula is C17H34BrN. The van der Waals surface area contributed by atoms with E-state index in [4.69, 9.17) is 0 Å². The molecular weight excluding hydrogens is 298 g/mol. The van der Waals surface area contributed by atoms with E-state index in [1.54, 1.807) is 0 Å². The fourth-order valence-corrected chi connectivity index (χ4v) is 3.60. The number of alkyl halides is 1. The summed E-state index contributed by atoms with van der Waals surface area (Å²) in [6.45, 7) is 3.73. The van der Waals surface area contributed by atoms with Crippen LogP contribution >= 0.6 is 15.9 Å². The molecule has 0 saturated heterocycles. The van der Waals surface area contributed by atoms with Crippen LogP contribution in [0.3, 0.4) is 0 Å². The molecule has 0 atom stereocenters. The monoisotopic (exact) mass is 331 g/mol. The van der Waals surface area contributed by atoms with E-state index in [0.717, 1.165) is 12.0 Å². The average molecular weight is 332 g/mol. The zero-order valence-corrected chi connectivity index (χ0v) is 14.8. The maximum atomic E-state index is 3.50. The largest absolute Gasteiger partial charge is 0.303 e. The van der Waals surface area contributed by atoms with Crippen LogP contribution < -0.4 is 0 Å². The summed E-state index contributed by atoms with van der Waals surface area (Å²) in [6, 6.07) is 0.884. The molecule has 1 fully saturated rings. The van der Waals surface area contributed by atoms with Crippen molar-refractivity contribution >= 4 is 15.9 Å². The molecule has 0 bridgehead atoms. The van der Waals surface area contributed by atoms with E-state index in [-0.39, 0.29) is 0 Å². The highest BCUT2D eigenvalue weighted by Gasteiger charge is 2.20. The molecule has 0 aliphatic heterocycles. The summed E-state index contributed by atoms with van der Waals surface area (Å²) in [4.78, 5) is 2.64. The molecule has 1 aliphatic carbocycles. The lowest BCUT2D eigenvalue weighted by molar-refractivity contribution is 0.167. The number of hydrogen-bond donors (Lipinski definition) is 0. The fourth-order valence-electron chi connectivity index (χ4n) is 3.21. The van der Waals surface area contributed by atoms with Gasteiger partial charge in [0.2, 0.25) is 0 Å². The van der Waals surface area contributed by atoms with E-state index in [0.29, 0.717) is 0 Å². The standard InChI is InChI=1S/C17H34BrN/c1-16-10-12-17(13-11-16)19(2)15-9-7-5-3-4-6-8-14-18/h16-17H,3-15H2,1-2H3. The lowest BCUT2D eigenvalue weighted by Crippen LogP contribution is -2.35. The zero-order chi connectivity index (χ0) is 13.9. The Bertz CT molecular complexity index is 199. The van der Waals surface area contributed by atoms with Crippen LogP contribution in [0.25, 0.3) is 0 Å². The van der Waals surface area contributed by atoms with Crippen molar-refractivity contribution in [1.82, 2.24) is 4.90 Å². The number of halogens is 1. The Morgan fingerprint density at radius 3 is 1.95 bits per heavy atom. The molecule has 0 heterocycles. The van der Waals surface area contributed by atoms with E-state index >= 15 is 0 Å². The van der Waals surface area contributed by atoms with Gasteiger partial charge >= 0.3 is 0 Å². The summed E-state index contributed by atoms with van der Waals surface area (Å²) in [5.74, 6) is 0.976. The lowest BCUT2D eigenvalue weighted by atomic mass is 9.87. The summed E-state index contributed by atoms with van der Waals surface area (Å²) in [7, 11) is 2.34. The minimum Gasteiger partial charge on any atom is -0.303 e. The highest BCUT2D eigenvalue weighted by Crippen LogP contribution is 2.26. The van der Waals surface area contributed by atoms with Crippen molar-refractivity contribution in [3.8, 4) is 0 Å². The summed E-state index contributed by atoms with van der Waals surface area (Å²) in [5, 5.41) is 1.18. The molecule has 0 aromatic heterocycles. The van der Waals surface area contributed by atoms with Crippen LogP contribution in [0.5, 0.6) is 0 Å². The van der Waals surface area contributed by atoms with E-state index in [9.17, 15) is 0 Å². The van der Waals surface area contributed by atoms with E-state index in [1.807, 2.05) is 0 Å². The topological polar surface area (TPSA) is 3.24 Å². The Balaban J connectivity index is 1.91. The Kier molecular flexibility index (Phi) is 10.3. The Morgan fingerprint density at radius 1 is 0.842 bits per heavy atom. The molecule has 0 spiro atoms. The van der Waals surface area contributed by atoms with E-state index < -0.39 is 0 Å². The second-order valence-electron chi connectivity index (χ2n) is 6.56. The first kappa shape index (κ1) is 17.5. The quantitative estimate of drug-likeness (QED) is 0.370. The molecule has 0 N–H and O–H groups in total. The van der Waals surface area contributed by atoms with Crippen molar-refractivity contribution in [2.45, 2.75) is 83.6 Å². The summed E-state index contributed by atoms with van der Waals surface area (Å²) >= 11 is 3.50. The smallest absolute Gasteiger partial charge is 0.00924 e. The van der Waals surface area contributed by atoms with Gasteiger partial charge in [-0.2, -0.15) is 0 Å². The van der Waals surface area contributed by atoms with Gasteiger partial charge in [0.15, 0.2) is 0 Å². The SMILES string of the molecule is CC1CCC(N(C)CCCCCCCCCBr)CC1. The van der Waals surface area contributed by atoms with Crippen LogP contribution in [0.15, 0.2) is 0 Å². The molecule has 19 heavy (non-hydrogen) atoms. The van der Waals surface area contributed by atoms with Crippen LogP contribution in [-0.2, 0) is 0 Å². The predicted molar refractivity (Wildman–Crippen MR) is 90.2 cm³/mol. The average Bonchev–Trinajstić information content (AvgIpc) is 2.42. The van der Waals surface area contributed by atoms with Gasteiger partial charge in [0, 0.05) is 11.4 Å². The van der Waals surface area contributed by atoms with Gasteiger partial charge in [-0.05, 0) is 58.0 Å². The molecule has 0 radical (unpaired) electrons. The molecule has 0 unspecified atom stereocenters. The molecule has 0 amide bonds. The van der Waals surface area contributed by atoms with Gasteiger partial charge in [0.05, 0.1) is 0 Å². The van der Waals surface area contributed by atoms with Crippen molar-refractivity contribution in [3.05, 3.63) is 0 Å². The van der Waals surface area contributed by atoms with Gasteiger partial charge in [-0.3, -0.25) is 0 Å². The van der Waals surface area contributed by atoms with Crippen molar-refractivity contribution < 1.29 is 0 Å². The Hall–Kier alpha value is 0.440. The molecule has 1 aliphatic rings. The minimum absolute atomic E-state index is 0.884. The first-order valence-electron chi connectivity index (χ1n) is 8.50. The van der Waals surface area contributed by atoms with Gasteiger partial charge in [-0.1, -0.05) is 55.0 Å². The lowest BCUT2D eigenvalue weighted by Gasteiger charge is -2.33. The molecule has 2 heteroatoms. The van der Waals surface area contributed by atoms with Crippen molar-refractivity contribution in [3.63, 3.8) is 0 Å². The van der Waals surface area contributed by atoms with Crippen LogP contribution in [0.4, 0.5) is 0 Å². The fraction of sp³-hybridized carbons (Fsp3) is 1.00. The van der Waals surface area contributed by atoms with Crippen LogP contribution in [0.2, 0.25) is 0 Å². The van der Waals surface area contributed by atoms with Crippen molar-refractivity contribution in [2.75, 3.05) is 18.9 Å². The first-order valence-corrected chi connectivity index (χ1v) is 9.62. The molecule has 114 valence electrons. The summed E-state index contributed by atoms with van der Waals surface area (Å²) in [6.07, 6.45) is 15.7. The molecule has 0 aromatic rings. The second-order valence-corrected chi connectivity index (χ2v) is 7.35. The van der Waals surface area contributed by atoms with Crippen molar-refractivity contribution in [1.29, 1.82) is 0 Å². The highest BCUT2D eigenvalue weighted by atomic mass is 79.9. The summed E-state index contributed by atoms with van der Waals surface area (Å²) in [5.41, 5.74) is 0. The zero-order valence-electron chi connectivity index (χ0n) is 13.2. The number of rotatable bonds is 10. The number of unbranched alkanes of at least 4 members (excludes halogenated alkanes) is 6. The molecule has 1 rings (SSSR count). The van der Waals surface area contributed by atoms with Crippen molar-refractivity contribution in [2.24, 2.45) is 5.92 Å². The van der Waals surface area contributed by atoms with Gasteiger partial charge in [0.1, 0.15) is 0 Å². The minimum atomic E-state index is 0.884. The van der Waals surface area contributed by atoms with E-state index in [2.05, 4.69) is 34.8 Å². The van der Waals surface area contributed by atoms with Crippen LogP contribution in [-0.4, -0.2) is 29.9 Å². The molecule has 1 nitrogen and oxygen atoms in total. The number of nitrogens with zero attached hydrogens (tertiary/aromatic N) is 1. The van der Waals surface area contributed by atoms with Gasteiger partial charge < -0.3 is 4.90 Å². The molecule has 1 saturated carbocycles. The van der Waals surface area contributed by atoms with Crippen LogP contribution in [0.1, 0.15) is 77.6 Å².